The van der Waals surface area contributed by atoms with Crippen LogP contribution in [0.4, 0.5) is 0 Å². The number of likely N-dealkylation sites (N-methyl/N-ethyl adjacent to an activating group) is 7. The molecule has 0 unspecified atom stereocenters. The Labute approximate surface area is 620 Å². The average Bonchev–Trinajstić information content (AvgIpc) is 0.811. The number of nitrogens with zero attached hydrogens (tertiary/aromatic N) is 8. The topological polar surface area (TPSA) is 282 Å². The maximum Gasteiger partial charge on any atom is 0.246 e. The van der Waals surface area contributed by atoms with E-state index in [-0.39, 0.29) is 78.8 Å². The Morgan fingerprint density at radius 1 is 0.471 bits per heavy atom. The van der Waals surface area contributed by atoms with Crippen LogP contribution >= 0.6 is 11.8 Å². The number of nitrogens with one attached hydrogen (secondary N) is 4. The Morgan fingerprint density at radius 3 is 1.34 bits per heavy atom. The first-order valence-corrected chi connectivity index (χ1v) is 38.6. The summed E-state index contributed by atoms with van der Waals surface area (Å²) in [6, 6.07) is -13.5. The Morgan fingerprint density at radius 2 is 0.882 bits per heavy atom. The lowest BCUT2D eigenvalue weighted by atomic mass is 9.92. The predicted molar refractivity (Wildman–Crippen MR) is 409 cm³/mol. The van der Waals surface area contributed by atoms with E-state index in [1.807, 2.05) is 67.5 Å². The molecule has 1 rings (SSSR count). The predicted octanol–water partition coefficient (Wildman–Crippen LogP) is 7.69. The number of unbranched alkanes of at least 4 members (excludes halogenated alkanes) is 1. The standard InChI is InChI=1S/C77H142N12O12S/c1-31-33-36-52(13)42-57-66(92)80-55(32-2)69(95)87(29)61(44-102-38-35-34-37-89(45-75(16,17)18)46-76(19,20)21)72(98)86(28)60(43-77(22,23)101)67(93)81-62(50(9)10)73(99)82(24)56(39-47(3)4)65(91)78-53(14)64(90)79-54(15)68(94)84(26)58(40-48(5)6)70(96)85(27)59(41-49(7)8)71(97)88(30)63(51(11)12)74(100)83(57)25/h31,33,47-63,101H,32,34-46H2,1-30H3,(H,78,91)(H,79,90)(H,80,92)(H,81,93)/b33-31+/t52-,53+,54-,55+,56+,57+,58+,59+,60+,61-,62+,63+/m1/s1. The van der Waals surface area contributed by atoms with Gasteiger partial charge in [-0.15, -0.1) is 0 Å². The molecule has 1 aliphatic heterocycles. The SMILES string of the molecule is C/C=C/C[C@@H](C)C[C@H]1C(=O)N[C@@H](CC)C(=O)N(C)[C@H](CSCCCCN(CC(C)(C)C)CC(C)(C)C)C(=O)N(C)[C@@H](CC(C)(C)O)C(=O)N[C@@H](C(C)C)C(=O)N(C)[C@@H](CC(C)C)C(=O)N[C@@H](C)C(=O)N[C@H](C)C(=O)N(C)[C@@H](CC(C)C)C(=O)N(C)[C@@H](CC(C)C)C(=O)N(C)[C@@H](C(C)C)C(=O)N1C. The van der Waals surface area contributed by atoms with Crippen molar-refractivity contribution in [3.8, 4) is 0 Å². The van der Waals surface area contributed by atoms with E-state index in [4.69, 9.17) is 0 Å². The molecule has 588 valence electrons. The first kappa shape index (κ1) is 94.2. The van der Waals surface area contributed by atoms with Crippen LogP contribution in [-0.2, 0) is 52.7 Å². The molecule has 1 aliphatic rings. The van der Waals surface area contributed by atoms with Crippen LogP contribution in [0.15, 0.2) is 12.2 Å². The molecule has 0 aromatic rings. The van der Waals surface area contributed by atoms with Gasteiger partial charge in [0.2, 0.25) is 65.0 Å². The highest BCUT2D eigenvalue weighted by atomic mass is 32.2. The zero-order valence-corrected chi connectivity index (χ0v) is 69.6. The van der Waals surface area contributed by atoms with Gasteiger partial charge in [-0.3, -0.25) is 52.7 Å². The molecule has 11 amide bonds. The second-order valence-corrected chi connectivity index (χ2v) is 35.4. The summed E-state index contributed by atoms with van der Waals surface area (Å²) in [6.45, 7) is 45.8. The number of carbonyl (C=O) groups is 11. The van der Waals surface area contributed by atoms with Crippen molar-refractivity contribution in [2.24, 2.45) is 46.3 Å². The van der Waals surface area contributed by atoms with Crippen LogP contribution in [0.25, 0.3) is 0 Å². The minimum Gasteiger partial charge on any atom is -0.390 e. The normalized spacial score (nSPS) is 25.4. The monoisotopic (exact) mass is 1460 g/mol. The van der Waals surface area contributed by atoms with E-state index in [0.29, 0.717) is 12.2 Å². The Kier molecular flexibility index (Phi) is 39.1. The van der Waals surface area contributed by atoms with Crippen LogP contribution in [0.1, 0.15) is 217 Å². The highest BCUT2D eigenvalue weighted by molar-refractivity contribution is 7.99. The zero-order valence-electron chi connectivity index (χ0n) is 68.8. The smallest absolute Gasteiger partial charge is 0.246 e. The van der Waals surface area contributed by atoms with Gasteiger partial charge < -0.3 is 65.6 Å². The second-order valence-electron chi connectivity index (χ2n) is 34.3. The fourth-order valence-electron chi connectivity index (χ4n) is 13.2. The lowest BCUT2D eigenvalue weighted by molar-refractivity contribution is -0.156. The number of allylic oxidation sites excluding steroid dienone is 2. The van der Waals surface area contributed by atoms with E-state index in [1.54, 1.807) is 34.6 Å². The minimum atomic E-state index is -1.57. The molecular weight excluding hydrogens is 1320 g/mol. The van der Waals surface area contributed by atoms with Crippen molar-refractivity contribution in [3.05, 3.63) is 12.2 Å². The molecule has 1 fully saturated rings. The summed E-state index contributed by atoms with van der Waals surface area (Å²) < 4.78 is 0. The van der Waals surface area contributed by atoms with E-state index < -0.39 is 149 Å². The molecule has 24 nitrogen and oxygen atoms in total. The number of hydrogen-bond donors (Lipinski definition) is 5. The van der Waals surface area contributed by atoms with Gasteiger partial charge in [0, 0.05) is 74.6 Å². The van der Waals surface area contributed by atoms with Gasteiger partial charge in [0.25, 0.3) is 0 Å². The molecule has 0 saturated carbocycles. The number of rotatable bonds is 24. The summed E-state index contributed by atoms with van der Waals surface area (Å²) in [5.74, 6) is -8.20. The van der Waals surface area contributed by atoms with Crippen LogP contribution in [0.2, 0.25) is 0 Å². The third kappa shape index (κ3) is 30.3. The van der Waals surface area contributed by atoms with E-state index in [9.17, 15) is 24.3 Å². The quantitative estimate of drug-likeness (QED) is 0.0458. The number of carbonyl (C=O) groups excluding carboxylic acids is 11. The first-order valence-electron chi connectivity index (χ1n) is 37.5. The maximum absolute atomic E-state index is 15.6. The fourth-order valence-corrected chi connectivity index (χ4v) is 14.4. The first-order chi connectivity index (χ1) is 46.8. The van der Waals surface area contributed by atoms with Gasteiger partial charge in [0.1, 0.15) is 66.5 Å². The summed E-state index contributed by atoms with van der Waals surface area (Å²) in [5.41, 5.74) is -1.43. The van der Waals surface area contributed by atoms with Crippen LogP contribution in [-0.4, -0.2) is 262 Å². The molecule has 0 aromatic heterocycles. The molecule has 0 radical (unpaired) electrons. The van der Waals surface area contributed by atoms with Crippen molar-refractivity contribution in [1.82, 2.24) is 60.5 Å². The maximum atomic E-state index is 15.6. The van der Waals surface area contributed by atoms with Gasteiger partial charge in [0.15, 0.2) is 0 Å². The van der Waals surface area contributed by atoms with Crippen molar-refractivity contribution < 1.29 is 57.8 Å². The van der Waals surface area contributed by atoms with E-state index in [2.05, 4.69) is 67.7 Å². The summed E-state index contributed by atoms with van der Waals surface area (Å²) in [7, 11) is 10.3. The largest absolute Gasteiger partial charge is 0.390 e. The van der Waals surface area contributed by atoms with Crippen molar-refractivity contribution in [2.75, 3.05) is 80.5 Å². The van der Waals surface area contributed by atoms with Crippen molar-refractivity contribution >= 4 is 76.7 Å². The number of thioether (sulfide) groups is 1. The molecule has 12 atom stereocenters. The van der Waals surface area contributed by atoms with Gasteiger partial charge in [-0.25, -0.2) is 0 Å². The van der Waals surface area contributed by atoms with Gasteiger partial charge in [-0.1, -0.05) is 137 Å². The molecule has 0 bridgehead atoms. The molecule has 102 heavy (non-hydrogen) atoms. The second kappa shape index (κ2) is 42.4. The number of aliphatic hydroxyl groups is 1. The molecule has 25 heteroatoms. The molecule has 0 spiro atoms. The van der Waals surface area contributed by atoms with Gasteiger partial charge in [0.05, 0.1) is 5.60 Å². The van der Waals surface area contributed by atoms with Gasteiger partial charge in [-0.2, -0.15) is 11.8 Å². The molecule has 1 heterocycles. The Bertz CT molecular complexity index is 2760. The molecule has 1 saturated heterocycles. The summed E-state index contributed by atoms with van der Waals surface area (Å²) in [4.78, 5) is 177. The van der Waals surface area contributed by atoms with E-state index >= 15 is 33.6 Å². The van der Waals surface area contributed by atoms with Gasteiger partial charge in [-0.05, 0) is 145 Å². The van der Waals surface area contributed by atoms with Crippen LogP contribution < -0.4 is 21.3 Å². The Hall–Kier alpha value is -5.82. The Balaban J connectivity index is 4.54. The highest BCUT2D eigenvalue weighted by Gasteiger charge is 2.46. The van der Waals surface area contributed by atoms with Gasteiger partial charge >= 0.3 is 0 Å². The van der Waals surface area contributed by atoms with E-state index in [0.717, 1.165) is 32.5 Å². The summed E-state index contributed by atoms with van der Waals surface area (Å²) >= 11 is 1.47. The minimum absolute atomic E-state index is 0.0593. The van der Waals surface area contributed by atoms with Crippen molar-refractivity contribution in [3.63, 3.8) is 0 Å². The number of hydrogen-bond acceptors (Lipinski definition) is 14. The van der Waals surface area contributed by atoms with Crippen LogP contribution in [0.5, 0.6) is 0 Å². The molecule has 0 aromatic carbocycles. The molecular formula is C77H142N12O12S. The third-order valence-corrected chi connectivity index (χ3v) is 20.0. The fraction of sp³-hybridized carbons (Fsp3) is 0.831. The van der Waals surface area contributed by atoms with Crippen LogP contribution in [0, 0.1) is 46.3 Å². The lowest BCUT2D eigenvalue weighted by Gasteiger charge is -2.41. The number of amides is 11. The average molecular weight is 1460 g/mol. The lowest BCUT2D eigenvalue weighted by Crippen LogP contribution is -2.62. The summed E-state index contributed by atoms with van der Waals surface area (Å²) in [5, 5.41) is 22.8. The third-order valence-electron chi connectivity index (χ3n) is 18.9. The zero-order chi connectivity index (χ0) is 79.1. The van der Waals surface area contributed by atoms with Crippen molar-refractivity contribution in [2.45, 2.75) is 289 Å². The highest BCUT2D eigenvalue weighted by Crippen LogP contribution is 2.28. The summed E-state index contributed by atoms with van der Waals surface area (Å²) in [6.07, 6.45) is 6.41. The van der Waals surface area contributed by atoms with E-state index in [1.165, 1.54) is 123 Å². The molecule has 0 aliphatic carbocycles. The molecule has 5 N–H and O–H groups in total. The van der Waals surface area contributed by atoms with Crippen LogP contribution in [0.3, 0.4) is 0 Å². The van der Waals surface area contributed by atoms with Crippen molar-refractivity contribution in [1.29, 1.82) is 0 Å².